The van der Waals surface area contributed by atoms with E-state index < -0.39 is 12.0 Å². The summed E-state index contributed by atoms with van der Waals surface area (Å²) in [6.45, 7) is 0. The van der Waals surface area contributed by atoms with Crippen LogP contribution in [0, 0.1) is 11.3 Å². The van der Waals surface area contributed by atoms with Gasteiger partial charge < -0.3 is 10.8 Å². The standard InChI is InChI=1S/C11H12N2O2.ClH/c12-7-9-3-1-2-8(4-9)5-10(13)6-11(14)15;/h1-4,10H,5-6,13H2,(H,14,15);1H/t10-;/m1./s1. The van der Waals surface area contributed by atoms with Gasteiger partial charge in [-0.2, -0.15) is 5.26 Å². The number of carboxylic acids is 1. The van der Waals surface area contributed by atoms with E-state index in [1.165, 1.54) is 0 Å². The third-order valence-electron chi connectivity index (χ3n) is 1.99. The predicted molar refractivity (Wildman–Crippen MR) is 62.3 cm³/mol. The van der Waals surface area contributed by atoms with Gasteiger partial charge in [0.15, 0.2) is 0 Å². The summed E-state index contributed by atoms with van der Waals surface area (Å²) < 4.78 is 0. The topological polar surface area (TPSA) is 87.1 Å². The summed E-state index contributed by atoms with van der Waals surface area (Å²) in [6, 6.07) is 8.64. The van der Waals surface area contributed by atoms with E-state index in [-0.39, 0.29) is 18.8 Å². The van der Waals surface area contributed by atoms with Gasteiger partial charge in [-0.15, -0.1) is 12.4 Å². The molecule has 0 heterocycles. The molecule has 4 nitrogen and oxygen atoms in total. The van der Waals surface area contributed by atoms with Crippen LogP contribution in [0.3, 0.4) is 0 Å². The Morgan fingerprint density at radius 2 is 2.25 bits per heavy atom. The maximum atomic E-state index is 10.4. The Balaban J connectivity index is 0.00000225. The smallest absolute Gasteiger partial charge is 0.304 e. The number of halogens is 1. The summed E-state index contributed by atoms with van der Waals surface area (Å²) in [5.74, 6) is -0.904. The van der Waals surface area contributed by atoms with Crippen molar-refractivity contribution in [2.24, 2.45) is 5.73 Å². The molecule has 0 aliphatic carbocycles. The van der Waals surface area contributed by atoms with Crippen LogP contribution in [0.15, 0.2) is 24.3 Å². The van der Waals surface area contributed by atoms with Gasteiger partial charge in [0.05, 0.1) is 18.1 Å². The Bertz CT molecular complexity index is 401. The van der Waals surface area contributed by atoms with Crippen LogP contribution in [-0.2, 0) is 11.2 Å². The largest absolute Gasteiger partial charge is 0.481 e. The van der Waals surface area contributed by atoms with Crippen LogP contribution in [0.2, 0.25) is 0 Å². The number of hydrogen-bond acceptors (Lipinski definition) is 3. The van der Waals surface area contributed by atoms with Gasteiger partial charge in [-0.3, -0.25) is 4.79 Å². The second kappa shape index (κ2) is 6.83. The first-order valence-corrected chi connectivity index (χ1v) is 4.58. The maximum Gasteiger partial charge on any atom is 0.304 e. The number of rotatable bonds is 4. The van der Waals surface area contributed by atoms with Crippen molar-refractivity contribution in [3.05, 3.63) is 35.4 Å². The van der Waals surface area contributed by atoms with Crippen LogP contribution in [0.25, 0.3) is 0 Å². The van der Waals surface area contributed by atoms with Crippen molar-refractivity contribution in [3.8, 4) is 6.07 Å². The molecular formula is C11H13ClN2O2. The fraction of sp³-hybridized carbons (Fsp3) is 0.273. The summed E-state index contributed by atoms with van der Waals surface area (Å²) in [4.78, 5) is 10.4. The molecule has 0 bridgehead atoms. The molecule has 0 amide bonds. The summed E-state index contributed by atoms with van der Waals surface area (Å²) in [7, 11) is 0. The van der Waals surface area contributed by atoms with Crippen molar-refractivity contribution in [2.75, 3.05) is 0 Å². The molecule has 86 valence electrons. The molecule has 0 saturated heterocycles. The summed E-state index contributed by atoms with van der Waals surface area (Å²) in [5.41, 5.74) is 7.09. The highest BCUT2D eigenvalue weighted by Crippen LogP contribution is 2.07. The lowest BCUT2D eigenvalue weighted by Crippen LogP contribution is -2.26. The highest BCUT2D eigenvalue weighted by Gasteiger charge is 2.08. The lowest BCUT2D eigenvalue weighted by atomic mass is 10.0. The predicted octanol–water partition coefficient (Wildman–Crippen LogP) is 1.32. The van der Waals surface area contributed by atoms with Crippen LogP contribution in [0.5, 0.6) is 0 Å². The number of aliphatic carboxylic acids is 1. The highest BCUT2D eigenvalue weighted by molar-refractivity contribution is 5.85. The molecule has 3 N–H and O–H groups in total. The van der Waals surface area contributed by atoms with E-state index in [9.17, 15) is 4.79 Å². The second-order valence-corrected chi connectivity index (χ2v) is 3.37. The van der Waals surface area contributed by atoms with Crippen LogP contribution >= 0.6 is 12.4 Å². The molecule has 0 radical (unpaired) electrons. The molecule has 0 saturated carbocycles. The Hall–Kier alpha value is -1.57. The molecule has 1 rings (SSSR count). The summed E-state index contributed by atoms with van der Waals surface area (Å²) in [6.07, 6.45) is 0.415. The van der Waals surface area contributed by atoms with Gasteiger partial charge in [0.1, 0.15) is 0 Å². The Morgan fingerprint density at radius 3 is 2.81 bits per heavy atom. The molecular weight excluding hydrogens is 228 g/mol. The molecule has 0 fully saturated rings. The molecule has 0 aliphatic rings. The average molecular weight is 241 g/mol. The quantitative estimate of drug-likeness (QED) is 0.831. The van der Waals surface area contributed by atoms with Gasteiger partial charge in [-0.1, -0.05) is 12.1 Å². The average Bonchev–Trinajstić information content (AvgIpc) is 2.16. The van der Waals surface area contributed by atoms with Crippen molar-refractivity contribution < 1.29 is 9.90 Å². The van der Waals surface area contributed by atoms with E-state index in [1.54, 1.807) is 18.2 Å². The van der Waals surface area contributed by atoms with Gasteiger partial charge in [0.2, 0.25) is 0 Å². The molecule has 1 aromatic carbocycles. The third-order valence-corrected chi connectivity index (χ3v) is 1.99. The van der Waals surface area contributed by atoms with Crippen molar-refractivity contribution in [1.29, 1.82) is 5.26 Å². The molecule has 5 heteroatoms. The molecule has 0 unspecified atom stereocenters. The number of carbonyl (C=O) groups is 1. The van der Waals surface area contributed by atoms with Crippen LogP contribution < -0.4 is 5.73 Å². The number of nitrogens with zero attached hydrogens (tertiary/aromatic N) is 1. The van der Waals surface area contributed by atoms with E-state index in [1.807, 2.05) is 12.1 Å². The van der Waals surface area contributed by atoms with Crippen molar-refractivity contribution >= 4 is 18.4 Å². The third kappa shape index (κ3) is 4.78. The van der Waals surface area contributed by atoms with Crippen molar-refractivity contribution in [1.82, 2.24) is 0 Å². The van der Waals surface area contributed by atoms with Gasteiger partial charge in [-0.25, -0.2) is 0 Å². The second-order valence-electron chi connectivity index (χ2n) is 3.37. The summed E-state index contributed by atoms with van der Waals surface area (Å²) >= 11 is 0. The van der Waals surface area contributed by atoms with Crippen molar-refractivity contribution in [3.63, 3.8) is 0 Å². The van der Waals surface area contributed by atoms with Gasteiger partial charge in [-0.05, 0) is 24.1 Å². The SMILES string of the molecule is Cl.N#Cc1cccc(C[C@@H](N)CC(=O)O)c1. The first-order chi connectivity index (χ1) is 7.11. The highest BCUT2D eigenvalue weighted by atomic mass is 35.5. The number of benzene rings is 1. The zero-order valence-corrected chi connectivity index (χ0v) is 9.41. The number of hydrogen-bond donors (Lipinski definition) is 2. The van der Waals surface area contributed by atoms with Crippen LogP contribution in [0.1, 0.15) is 17.5 Å². The minimum absolute atomic E-state index is 0. The Kier molecular flexibility index (Phi) is 6.16. The molecule has 16 heavy (non-hydrogen) atoms. The first kappa shape index (κ1) is 14.4. The van der Waals surface area contributed by atoms with Gasteiger partial charge >= 0.3 is 5.97 Å². The lowest BCUT2D eigenvalue weighted by Gasteiger charge is -2.08. The fourth-order valence-electron chi connectivity index (χ4n) is 1.37. The minimum atomic E-state index is -0.904. The van der Waals surface area contributed by atoms with Crippen molar-refractivity contribution in [2.45, 2.75) is 18.9 Å². The summed E-state index contributed by atoms with van der Waals surface area (Å²) in [5, 5.41) is 17.2. The lowest BCUT2D eigenvalue weighted by molar-refractivity contribution is -0.137. The number of nitriles is 1. The molecule has 1 aromatic rings. The normalized spacial score (nSPS) is 11.0. The Labute approximate surface area is 100 Å². The van der Waals surface area contributed by atoms with E-state index in [0.717, 1.165) is 5.56 Å². The minimum Gasteiger partial charge on any atom is -0.481 e. The van der Waals surface area contributed by atoms with E-state index in [2.05, 4.69) is 0 Å². The van der Waals surface area contributed by atoms with Crippen LogP contribution in [0.4, 0.5) is 0 Å². The molecule has 0 aliphatic heterocycles. The first-order valence-electron chi connectivity index (χ1n) is 4.58. The molecule has 0 spiro atoms. The zero-order chi connectivity index (χ0) is 11.3. The Morgan fingerprint density at radius 1 is 1.56 bits per heavy atom. The monoisotopic (exact) mass is 240 g/mol. The van der Waals surface area contributed by atoms with Crippen LogP contribution in [-0.4, -0.2) is 17.1 Å². The number of carboxylic acid groups (broad SMARTS) is 1. The zero-order valence-electron chi connectivity index (χ0n) is 8.59. The molecule has 0 aromatic heterocycles. The fourth-order valence-corrected chi connectivity index (χ4v) is 1.37. The van der Waals surface area contributed by atoms with E-state index in [0.29, 0.717) is 12.0 Å². The number of nitrogens with two attached hydrogens (primary N) is 1. The van der Waals surface area contributed by atoms with E-state index >= 15 is 0 Å². The maximum absolute atomic E-state index is 10.4. The van der Waals surface area contributed by atoms with Gasteiger partial charge in [0, 0.05) is 6.04 Å². The van der Waals surface area contributed by atoms with E-state index in [4.69, 9.17) is 16.1 Å². The van der Waals surface area contributed by atoms with Gasteiger partial charge in [0.25, 0.3) is 0 Å². The molecule has 1 atom stereocenters.